The van der Waals surface area contributed by atoms with E-state index >= 15 is 0 Å². The number of hydrogen-bond acceptors (Lipinski definition) is 2. The Morgan fingerprint density at radius 2 is 2.11 bits per heavy atom. The van der Waals surface area contributed by atoms with Gasteiger partial charge in [0.2, 0.25) is 0 Å². The maximum Gasteiger partial charge on any atom is 0.0702 e. The molecule has 0 spiro atoms. The molecular formula is C15H13ClN2O. The van der Waals surface area contributed by atoms with Gasteiger partial charge in [-0.2, -0.15) is 0 Å². The van der Waals surface area contributed by atoms with Crippen LogP contribution in [-0.2, 0) is 13.2 Å². The van der Waals surface area contributed by atoms with Gasteiger partial charge in [0.15, 0.2) is 0 Å². The Morgan fingerprint density at radius 1 is 1.21 bits per heavy atom. The summed E-state index contributed by atoms with van der Waals surface area (Å²) in [5.74, 6) is 0. The quantitative estimate of drug-likeness (QED) is 0.795. The second kappa shape index (κ2) is 5.03. The fraction of sp³-hybridized carbons (Fsp3) is 0.133. The SMILES string of the molecule is OCc1cn(Cc2ccccn2)c2cc(Cl)ccc12. The van der Waals surface area contributed by atoms with Gasteiger partial charge in [-0.3, -0.25) is 4.98 Å². The summed E-state index contributed by atoms with van der Waals surface area (Å²) in [6.07, 6.45) is 3.73. The summed E-state index contributed by atoms with van der Waals surface area (Å²) in [4.78, 5) is 4.32. The lowest BCUT2D eigenvalue weighted by molar-refractivity contribution is 0.283. The molecule has 96 valence electrons. The number of pyridine rings is 1. The lowest BCUT2D eigenvalue weighted by Crippen LogP contribution is -1.99. The lowest BCUT2D eigenvalue weighted by Gasteiger charge is -2.04. The molecule has 3 aromatic rings. The number of rotatable bonds is 3. The largest absolute Gasteiger partial charge is 0.392 e. The monoisotopic (exact) mass is 272 g/mol. The second-order valence-electron chi connectivity index (χ2n) is 4.42. The normalized spacial score (nSPS) is 11.1. The molecule has 4 heteroatoms. The molecule has 0 saturated carbocycles. The Morgan fingerprint density at radius 3 is 2.84 bits per heavy atom. The van der Waals surface area contributed by atoms with Crippen molar-refractivity contribution >= 4 is 22.5 Å². The molecule has 1 N–H and O–H groups in total. The van der Waals surface area contributed by atoms with Gasteiger partial charge >= 0.3 is 0 Å². The van der Waals surface area contributed by atoms with Gasteiger partial charge in [0.1, 0.15) is 0 Å². The van der Waals surface area contributed by atoms with Gasteiger partial charge in [-0.15, -0.1) is 0 Å². The predicted molar refractivity (Wildman–Crippen MR) is 76.2 cm³/mol. The van der Waals surface area contributed by atoms with E-state index in [0.29, 0.717) is 11.6 Å². The van der Waals surface area contributed by atoms with Crippen molar-refractivity contribution in [2.24, 2.45) is 0 Å². The molecule has 19 heavy (non-hydrogen) atoms. The molecule has 0 saturated heterocycles. The zero-order valence-electron chi connectivity index (χ0n) is 10.3. The van der Waals surface area contributed by atoms with E-state index in [0.717, 1.165) is 22.2 Å². The molecule has 0 radical (unpaired) electrons. The fourth-order valence-corrected chi connectivity index (χ4v) is 2.43. The third-order valence-corrected chi connectivity index (χ3v) is 3.39. The van der Waals surface area contributed by atoms with E-state index in [2.05, 4.69) is 9.55 Å². The first kappa shape index (κ1) is 12.2. The van der Waals surface area contributed by atoms with Crippen LogP contribution in [0.4, 0.5) is 0 Å². The van der Waals surface area contributed by atoms with Crippen LogP contribution in [-0.4, -0.2) is 14.7 Å². The van der Waals surface area contributed by atoms with Crippen molar-refractivity contribution in [2.75, 3.05) is 0 Å². The Bertz CT molecular complexity index is 707. The highest BCUT2D eigenvalue weighted by Gasteiger charge is 2.09. The van der Waals surface area contributed by atoms with Gasteiger partial charge in [-0.25, -0.2) is 0 Å². The molecule has 3 nitrogen and oxygen atoms in total. The number of fused-ring (bicyclic) bond motifs is 1. The molecule has 0 aliphatic rings. The Balaban J connectivity index is 2.10. The van der Waals surface area contributed by atoms with Crippen molar-refractivity contribution in [2.45, 2.75) is 13.2 Å². The highest BCUT2D eigenvalue weighted by molar-refractivity contribution is 6.31. The second-order valence-corrected chi connectivity index (χ2v) is 4.86. The topological polar surface area (TPSA) is 38.0 Å². The summed E-state index contributed by atoms with van der Waals surface area (Å²) in [7, 11) is 0. The first-order valence-corrected chi connectivity index (χ1v) is 6.44. The summed E-state index contributed by atoms with van der Waals surface area (Å²) in [6.45, 7) is 0.686. The number of hydrogen-bond donors (Lipinski definition) is 1. The first-order chi connectivity index (χ1) is 9.28. The number of nitrogens with zero attached hydrogens (tertiary/aromatic N) is 2. The number of benzene rings is 1. The Hall–Kier alpha value is -1.84. The van der Waals surface area contributed by atoms with Crippen LogP contribution in [0.3, 0.4) is 0 Å². The van der Waals surface area contributed by atoms with Gasteiger partial charge in [0.05, 0.1) is 24.4 Å². The maximum absolute atomic E-state index is 9.42. The van der Waals surface area contributed by atoms with Gasteiger partial charge < -0.3 is 9.67 Å². The number of aromatic nitrogens is 2. The van der Waals surface area contributed by atoms with Crippen LogP contribution in [0.2, 0.25) is 5.02 Å². The van der Waals surface area contributed by atoms with Crippen LogP contribution in [0.5, 0.6) is 0 Å². The number of halogens is 1. The molecule has 0 fully saturated rings. The van der Waals surface area contributed by atoms with Gasteiger partial charge in [-0.1, -0.05) is 23.7 Å². The molecule has 2 heterocycles. The molecule has 2 aromatic heterocycles. The molecule has 0 amide bonds. The van der Waals surface area contributed by atoms with Crippen molar-refractivity contribution in [3.05, 3.63) is 65.1 Å². The molecule has 0 bridgehead atoms. The zero-order valence-corrected chi connectivity index (χ0v) is 11.0. The minimum atomic E-state index is 0.0212. The van der Waals surface area contributed by atoms with Gasteiger partial charge in [0, 0.05) is 28.4 Å². The van der Waals surface area contributed by atoms with Crippen molar-refractivity contribution in [1.82, 2.24) is 9.55 Å². The molecular weight excluding hydrogens is 260 g/mol. The maximum atomic E-state index is 9.42. The summed E-state index contributed by atoms with van der Waals surface area (Å²) in [6, 6.07) is 11.5. The molecule has 0 atom stereocenters. The molecule has 1 aromatic carbocycles. The van der Waals surface area contributed by atoms with E-state index in [1.54, 1.807) is 6.20 Å². The van der Waals surface area contributed by atoms with Crippen LogP contribution in [0, 0.1) is 0 Å². The average molecular weight is 273 g/mol. The third-order valence-electron chi connectivity index (χ3n) is 3.16. The summed E-state index contributed by atoms with van der Waals surface area (Å²) in [5.41, 5.74) is 2.90. The Kier molecular flexibility index (Phi) is 3.23. The van der Waals surface area contributed by atoms with Crippen LogP contribution < -0.4 is 0 Å². The summed E-state index contributed by atoms with van der Waals surface area (Å²) < 4.78 is 2.06. The van der Waals surface area contributed by atoms with E-state index in [4.69, 9.17) is 11.6 Å². The highest BCUT2D eigenvalue weighted by atomic mass is 35.5. The van der Waals surface area contributed by atoms with E-state index in [-0.39, 0.29) is 6.61 Å². The van der Waals surface area contributed by atoms with Crippen LogP contribution in [0.1, 0.15) is 11.3 Å². The third kappa shape index (κ3) is 2.35. The van der Waals surface area contributed by atoms with Crippen LogP contribution >= 0.6 is 11.6 Å². The fourth-order valence-electron chi connectivity index (χ4n) is 2.26. The standard InChI is InChI=1S/C15H13ClN2O/c16-12-4-5-14-11(10-19)8-18(15(14)7-12)9-13-3-1-2-6-17-13/h1-8,19H,9-10H2. The van der Waals surface area contributed by atoms with Crippen LogP contribution in [0.25, 0.3) is 10.9 Å². The molecule has 3 rings (SSSR count). The van der Waals surface area contributed by atoms with Crippen LogP contribution in [0.15, 0.2) is 48.8 Å². The Labute approximate surface area is 116 Å². The number of aliphatic hydroxyl groups excluding tert-OH is 1. The van der Waals surface area contributed by atoms with E-state index in [9.17, 15) is 5.11 Å². The van der Waals surface area contributed by atoms with E-state index in [1.165, 1.54) is 0 Å². The summed E-state index contributed by atoms with van der Waals surface area (Å²) in [5, 5.41) is 11.1. The molecule has 0 unspecified atom stereocenters. The van der Waals surface area contributed by atoms with E-state index < -0.39 is 0 Å². The predicted octanol–water partition coefficient (Wildman–Crippen LogP) is 3.23. The van der Waals surface area contributed by atoms with Crippen molar-refractivity contribution in [3.8, 4) is 0 Å². The minimum absolute atomic E-state index is 0.0212. The van der Waals surface area contributed by atoms with Gasteiger partial charge in [-0.05, 0) is 24.3 Å². The lowest BCUT2D eigenvalue weighted by atomic mass is 10.2. The zero-order chi connectivity index (χ0) is 13.2. The first-order valence-electron chi connectivity index (χ1n) is 6.06. The molecule has 0 aliphatic carbocycles. The van der Waals surface area contributed by atoms with E-state index in [1.807, 2.05) is 42.6 Å². The smallest absolute Gasteiger partial charge is 0.0702 e. The van der Waals surface area contributed by atoms with Crippen molar-refractivity contribution < 1.29 is 5.11 Å². The minimum Gasteiger partial charge on any atom is -0.392 e. The van der Waals surface area contributed by atoms with Crippen molar-refractivity contribution in [1.29, 1.82) is 0 Å². The number of aliphatic hydroxyl groups is 1. The van der Waals surface area contributed by atoms with Crippen molar-refractivity contribution in [3.63, 3.8) is 0 Å². The highest BCUT2D eigenvalue weighted by Crippen LogP contribution is 2.25. The van der Waals surface area contributed by atoms with Gasteiger partial charge in [0.25, 0.3) is 0 Å². The summed E-state index contributed by atoms with van der Waals surface area (Å²) >= 11 is 6.05. The molecule has 0 aliphatic heterocycles. The average Bonchev–Trinajstić information content (AvgIpc) is 2.77.